The van der Waals surface area contributed by atoms with E-state index >= 15 is 0 Å². The molecule has 2 aliphatic carbocycles. The first-order valence-corrected chi connectivity index (χ1v) is 10.8. The van der Waals surface area contributed by atoms with Crippen LogP contribution < -0.4 is 9.47 Å². The van der Waals surface area contributed by atoms with Gasteiger partial charge in [0, 0.05) is 18.0 Å². The van der Waals surface area contributed by atoms with Crippen LogP contribution in [0.1, 0.15) is 56.1 Å². The number of hydrogen-bond donors (Lipinski definition) is 0. The second-order valence-corrected chi connectivity index (χ2v) is 7.90. The molecular formula is C26H29NO3. The lowest BCUT2D eigenvalue weighted by Gasteiger charge is -2.34. The molecule has 0 bridgehead atoms. The average molecular weight is 404 g/mol. The smallest absolute Gasteiger partial charge is 0.161 e. The highest BCUT2D eigenvalue weighted by Gasteiger charge is 2.33. The maximum absolute atomic E-state index is 6.40. The van der Waals surface area contributed by atoms with Crippen LogP contribution in [0.2, 0.25) is 0 Å². The molecule has 0 amide bonds. The number of rotatable bonds is 6. The second-order valence-electron chi connectivity index (χ2n) is 7.90. The number of nitrogens with zero attached hydrogens (tertiary/aromatic N) is 1. The molecule has 0 spiro atoms. The Kier molecular flexibility index (Phi) is 6.71. The van der Waals surface area contributed by atoms with Crippen LogP contribution >= 0.6 is 0 Å². The van der Waals surface area contributed by atoms with E-state index in [9.17, 15) is 0 Å². The van der Waals surface area contributed by atoms with E-state index in [2.05, 4.69) is 41.1 Å². The molecule has 30 heavy (non-hydrogen) atoms. The summed E-state index contributed by atoms with van der Waals surface area (Å²) in [6.45, 7) is 0.359. The SMILES string of the molecule is COc1ccc(C2(OCC#Cc3ccncc3)C=CCCC2)cc1OC1CCCC1. The average Bonchev–Trinajstić information content (AvgIpc) is 3.31. The topological polar surface area (TPSA) is 40.6 Å². The maximum atomic E-state index is 6.40. The minimum atomic E-state index is -0.481. The van der Waals surface area contributed by atoms with Crippen LogP contribution in [-0.2, 0) is 10.3 Å². The van der Waals surface area contributed by atoms with Gasteiger partial charge in [0.1, 0.15) is 12.2 Å². The lowest BCUT2D eigenvalue weighted by Crippen LogP contribution is -2.29. The third-order valence-electron chi connectivity index (χ3n) is 5.87. The van der Waals surface area contributed by atoms with Crippen molar-refractivity contribution in [2.45, 2.75) is 56.7 Å². The van der Waals surface area contributed by atoms with Crippen molar-refractivity contribution in [2.75, 3.05) is 13.7 Å². The molecule has 1 aromatic carbocycles. The number of benzene rings is 1. The van der Waals surface area contributed by atoms with Gasteiger partial charge in [-0.25, -0.2) is 0 Å². The molecule has 0 radical (unpaired) electrons. The fourth-order valence-electron chi connectivity index (χ4n) is 4.24. The van der Waals surface area contributed by atoms with Crippen molar-refractivity contribution in [3.8, 4) is 23.3 Å². The third kappa shape index (κ3) is 4.86. The van der Waals surface area contributed by atoms with E-state index in [0.717, 1.165) is 54.7 Å². The predicted molar refractivity (Wildman–Crippen MR) is 118 cm³/mol. The van der Waals surface area contributed by atoms with Gasteiger partial charge in [-0.1, -0.05) is 30.1 Å². The molecular weight excluding hydrogens is 374 g/mol. The molecule has 0 saturated heterocycles. The highest BCUT2D eigenvalue weighted by Crippen LogP contribution is 2.41. The summed E-state index contributed by atoms with van der Waals surface area (Å²) in [7, 11) is 1.69. The van der Waals surface area contributed by atoms with E-state index < -0.39 is 5.60 Å². The standard InChI is InChI=1S/C26H29NO3/c1-28-24-12-11-22(20-25(24)30-23-9-3-4-10-23)26(15-5-2-6-16-26)29-19-7-8-21-13-17-27-18-14-21/h5,11-15,17-18,20,23H,2-4,6,9-10,16,19H2,1H3. The zero-order chi connectivity index (χ0) is 20.7. The van der Waals surface area contributed by atoms with Crippen molar-refractivity contribution in [2.24, 2.45) is 0 Å². The Morgan fingerprint density at radius 1 is 1.07 bits per heavy atom. The summed E-state index contributed by atoms with van der Waals surface area (Å²) in [4.78, 5) is 4.03. The molecule has 4 nitrogen and oxygen atoms in total. The summed E-state index contributed by atoms with van der Waals surface area (Å²) in [5, 5.41) is 0. The van der Waals surface area contributed by atoms with E-state index in [1.54, 1.807) is 19.5 Å². The number of allylic oxidation sites excluding steroid dienone is 1. The molecule has 2 aromatic rings. The molecule has 1 aromatic heterocycles. The summed E-state index contributed by atoms with van der Waals surface area (Å²) in [5.41, 5.74) is 1.56. The number of methoxy groups -OCH3 is 1. The van der Waals surface area contributed by atoms with Gasteiger partial charge in [0.25, 0.3) is 0 Å². The van der Waals surface area contributed by atoms with Gasteiger partial charge in [0.2, 0.25) is 0 Å². The summed E-state index contributed by atoms with van der Waals surface area (Å²) in [5.74, 6) is 7.88. The molecule has 1 saturated carbocycles. The molecule has 1 atom stereocenters. The molecule has 1 fully saturated rings. The van der Waals surface area contributed by atoms with Crippen LogP contribution in [0.3, 0.4) is 0 Å². The maximum Gasteiger partial charge on any atom is 0.161 e. The van der Waals surface area contributed by atoms with Crippen molar-refractivity contribution in [3.05, 3.63) is 66.0 Å². The van der Waals surface area contributed by atoms with Crippen LogP contribution in [0.25, 0.3) is 0 Å². The van der Waals surface area contributed by atoms with Gasteiger partial charge in [-0.2, -0.15) is 0 Å². The minimum Gasteiger partial charge on any atom is -0.493 e. The van der Waals surface area contributed by atoms with E-state index in [1.165, 1.54) is 12.8 Å². The fraction of sp³-hybridized carbons (Fsp3) is 0.423. The summed E-state index contributed by atoms with van der Waals surface area (Å²) in [6.07, 6.45) is 16.0. The predicted octanol–water partition coefficient (Wildman–Crippen LogP) is 5.42. The van der Waals surface area contributed by atoms with Gasteiger partial charge in [-0.15, -0.1) is 0 Å². The fourth-order valence-corrected chi connectivity index (χ4v) is 4.24. The van der Waals surface area contributed by atoms with Gasteiger partial charge in [-0.05, 0) is 74.8 Å². The Morgan fingerprint density at radius 2 is 1.90 bits per heavy atom. The molecule has 0 aliphatic heterocycles. The van der Waals surface area contributed by atoms with Gasteiger partial charge >= 0.3 is 0 Å². The van der Waals surface area contributed by atoms with Crippen molar-refractivity contribution >= 4 is 0 Å². The van der Waals surface area contributed by atoms with Crippen LogP contribution in [0.4, 0.5) is 0 Å². The van der Waals surface area contributed by atoms with Crippen LogP contribution in [-0.4, -0.2) is 24.8 Å². The first-order valence-electron chi connectivity index (χ1n) is 10.8. The third-order valence-corrected chi connectivity index (χ3v) is 5.87. The molecule has 2 aliphatic rings. The van der Waals surface area contributed by atoms with Gasteiger partial charge in [-0.3, -0.25) is 4.98 Å². The minimum absolute atomic E-state index is 0.277. The Morgan fingerprint density at radius 3 is 2.63 bits per heavy atom. The Balaban J connectivity index is 1.56. The van der Waals surface area contributed by atoms with Gasteiger partial charge < -0.3 is 14.2 Å². The van der Waals surface area contributed by atoms with Gasteiger partial charge in [0.15, 0.2) is 11.5 Å². The van der Waals surface area contributed by atoms with Crippen LogP contribution in [0, 0.1) is 11.8 Å². The lowest BCUT2D eigenvalue weighted by molar-refractivity contribution is -0.00419. The summed E-state index contributed by atoms with van der Waals surface area (Å²) < 4.78 is 18.3. The van der Waals surface area contributed by atoms with E-state index in [1.807, 2.05) is 18.2 Å². The Labute approximate surface area is 179 Å². The lowest BCUT2D eigenvalue weighted by atomic mass is 9.84. The first-order chi connectivity index (χ1) is 14.8. The Bertz CT molecular complexity index is 922. The number of ether oxygens (including phenoxy) is 3. The zero-order valence-corrected chi connectivity index (χ0v) is 17.6. The van der Waals surface area contributed by atoms with Crippen molar-refractivity contribution in [3.63, 3.8) is 0 Å². The van der Waals surface area contributed by atoms with E-state index in [4.69, 9.17) is 14.2 Å². The molecule has 4 heteroatoms. The zero-order valence-electron chi connectivity index (χ0n) is 17.6. The second kappa shape index (κ2) is 9.82. The summed E-state index contributed by atoms with van der Waals surface area (Å²) in [6, 6.07) is 9.99. The normalized spacial score (nSPS) is 21.1. The monoisotopic (exact) mass is 403 g/mol. The molecule has 4 rings (SSSR count). The number of aromatic nitrogens is 1. The number of hydrogen-bond acceptors (Lipinski definition) is 4. The van der Waals surface area contributed by atoms with Crippen molar-refractivity contribution in [1.82, 2.24) is 4.98 Å². The molecule has 156 valence electrons. The molecule has 1 heterocycles. The molecule has 0 N–H and O–H groups in total. The van der Waals surface area contributed by atoms with Crippen LogP contribution in [0.5, 0.6) is 11.5 Å². The van der Waals surface area contributed by atoms with Crippen molar-refractivity contribution in [1.29, 1.82) is 0 Å². The number of pyridine rings is 1. The largest absolute Gasteiger partial charge is 0.493 e. The first kappa shape index (κ1) is 20.5. The van der Waals surface area contributed by atoms with Gasteiger partial charge in [0.05, 0.1) is 13.2 Å². The molecule has 1 unspecified atom stereocenters. The highest BCUT2D eigenvalue weighted by atomic mass is 16.5. The quantitative estimate of drug-likeness (QED) is 0.477. The van der Waals surface area contributed by atoms with Crippen LogP contribution in [0.15, 0.2) is 54.9 Å². The van der Waals surface area contributed by atoms with E-state index in [-0.39, 0.29) is 6.10 Å². The highest BCUT2D eigenvalue weighted by molar-refractivity contribution is 5.46. The summed E-state index contributed by atoms with van der Waals surface area (Å²) >= 11 is 0. The van der Waals surface area contributed by atoms with Crippen molar-refractivity contribution < 1.29 is 14.2 Å². The Hall–Kier alpha value is -2.77. The van der Waals surface area contributed by atoms with E-state index in [0.29, 0.717) is 6.61 Å².